The molecule has 0 bridgehead atoms. The molecule has 4 N–H and O–H groups in total. The van der Waals surface area contributed by atoms with E-state index in [1.165, 1.54) is 18.2 Å². The van der Waals surface area contributed by atoms with Crippen molar-refractivity contribution < 1.29 is 27.9 Å². The number of rotatable bonds is 9. The van der Waals surface area contributed by atoms with Crippen LogP contribution in [-0.2, 0) is 16.1 Å². The Morgan fingerprint density at radius 2 is 1.79 bits per heavy atom. The summed E-state index contributed by atoms with van der Waals surface area (Å²) in [7, 11) is 0. The van der Waals surface area contributed by atoms with E-state index in [0.29, 0.717) is 30.2 Å². The molecule has 1 unspecified atom stereocenters. The first-order chi connectivity index (χ1) is 17.5. The van der Waals surface area contributed by atoms with E-state index in [0.717, 1.165) is 12.1 Å². The van der Waals surface area contributed by atoms with Crippen LogP contribution in [0.5, 0.6) is 0 Å². The molecular formula is C28H37ClF3N3O3. The van der Waals surface area contributed by atoms with E-state index >= 15 is 0 Å². The first-order valence-electron chi connectivity index (χ1n) is 12.4. The molecule has 0 heterocycles. The zero-order valence-electron chi connectivity index (χ0n) is 22.6. The third-order valence-electron chi connectivity index (χ3n) is 5.85. The van der Waals surface area contributed by atoms with Gasteiger partial charge in [-0.05, 0) is 54.5 Å². The number of halogens is 4. The molecule has 0 aliphatic heterocycles. The second-order valence-corrected chi connectivity index (χ2v) is 12.0. The van der Waals surface area contributed by atoms with Crippen LogP contribution in [0.15, 0.2) is 30.3 Å². The zero-order valence-corrected chi connectivity index (χ0v) is 23.3. The number of hydrogen-bond acceptors (Lipinski definition) is 4. The number of carbonyl (C=O) groups is 2. The van der Waals surface area contributed by atoms with Gasteiger partial charge in [0.2, 0.25) is 12.3 Å². The molecule has 1 fully saturated rings. The van der Waals surface area contributed by atoms with Crippen molar-refractivity contribution in [2.24, 2.45) is 5.41 Å². The van der Waals surface area contributed by atoms with Crippen LogP contribution in [0.3, 0.4) is 0 Å². The number of hydrogen-bond donors (Lipinski definition) is 4. The van der Waals surface area contributed by atoms with Gasteiger partial charge in [0.25, 0.3) is 0 Å². The number of anilines is 1. The lowest BCUT2D eigenvalue weighted by Gasteiger charge is -2.42. The Balaban J connectivity index is 0.000000926. The number of carbonyl (C=O) groups excluding carboxylic acids is 2. The number of aliphatic hydroxyl groups is 1. The van der Waals surface area contributed by atoms with Crippen molar-refractivity contribution in [2.45, 2.75) is 84.5 Å². The first kappa shape index (κ1) is 31.6. The lowest BCUT2D eigenvalue weighted by atomic mass is 9.77. The molecule has 10 heteroatoms. The van der Waals surface area contributed by atoms with Gasteiger partial charge in [-0.25, -0.2) is 13.2 Å². The van der Waals surface area contributed by atoms with Crippen molar-refractivity contribution in [3.8, 4) is 0 Å². The van der Waals surface area contributed by atoms with Gasteiger partial charge in [0.15, 0.2) is 11.6 Å². The third-order valence-corrected chi connectivity index (χ3v) is 6.14. The van der Waals surface area contributed by atoms with Crippen LogP contribution >= 0.6 is 11.6 Å². The van der Waals surface area contributed by atoms with Crippen LogP contribution in [0, 0.1) is 22.9 Å². The second kappa shape index (κ2) is 13.0. The lowest BCUT2D eigenvalue weighted by molar-refractivity contribution is -0.127. The van der Waals surface area contributed by atoms with Crippen molar-refractivity contribution in [3.05, 3.63) is 63.9 Å². The Morgan fingerprint density at radius 3 is 2.34 bits per heavy atom. The summed E-state index contributed by atoms with van der Waals surface area (Å²) in [4.78, 5) is 24.0. The van der Waals surface area contributed by atoms with Crippen molar-refractivity contribution in [3.63, 3.8) is 0 Å². The standard InChI is InChI=1S/C23H25ClF3N3O3.C5H12/c1-12(15-4-3-5-17(25)20(15)27)21(22(32)30-14-8-23(2,33)9-14)28-10-13-6-18(26)16(24)7-19(13)29-11-31;1-5(2,3)4/h3-7,11-12,14,21,28,33H,8-10H2,1-2H3,(H,29,31)(H,30,32);1-4H3/t12?,14?,21-,23?;/m1./s1. The molecule has 0 spiro atoms. The lowest BCUT2D eigenvalue weighted by Crippen LogP contribution is -2.57. The van der Waals surface area contributed by atoms with Gasteiger partial charge >= 0.3 is 0 Å². The highest BCUT2D eigenvalue weighted by atomic mass is 35.5. The summed E-state index contributed by atoms with van der Waals surface area (Å²) in [6.45, 7) is 11.9. The maximum absolute atomic E-state index is 14.5. The van der Waals surface area contributed by atoms with Gasteiger partial charge in [-0.1, -0.05) is 58.4 Å². The zero-order chi connectivity index (χ0) is 28.8. The molecule has 2 aromatic carbocycles. The summed E-state index contributed by atoms with van der Waals surface area (Å²) < 4.78 is 42.3. The van der Waals surface area contributed by atoms with Crippen LogP contribution in [0.25, 0.3) is 0 Å². The molecule has 0 aromatic heterocycles. The van der Waals surface area contributed by atoms with Crippen molar-refractivity contribution >= 4 is 29.6 Å². The Bertz CT molecular complexity index is 1120. The monoisotopic (exact) mass is 555 g/mol. The second-order valence-electron chi connectivity index (χ2n) is 11.6. The van der Waals surface area contributed by atoms with E-state index in [-0.39, 0.29) is 28.9 Å². The topological polar surface area (TPSA) is 90.5 Å². The molecule has 0 saturated heterocycles. The predicted molar refractivity (Wildman–Crippen MR) is 143 cm³/mol. The highest BCUT2D eigenvalue weighted by molar-refractivity contribution is 6.31. The molecule has 1 saturated carbocycles. The van der Waals surface area contributed by atoms with E-state index in [9.17, 15) is 27.9 Å². The van der Waals surface area contributed by atoms with E-state index in [1.54, 1.807) is 13.8 Å². The molecule has 38 heavy (non-hydrogen) atoms. The van der Waals surface area contributed by atoms with Crippen LogP contribution in [0.2, 0.25) is 5.02 Å². The smallest absolute Gasteiger partial charge is 0.237 e. The van der Waals surface area contributed by atoms with Gasteiger partial charge in [-0.2, -0.15) is 0 Å². The molecular weight excluding hydrogens is 519 g/mol. The summed E-state index contributed by atoms with van der Waals surface area (Å²) in [5, 5.41) is 17.9. The number of benzene rings is 2. The van der Waals surface area contributed by atoms with Gasteiger partial charge in [0, 0.05) is 24.2 Å². The third kappa shape index (κ3) is 9.29. The Morgan fingerprint density at radius 1 is 1.18 bits per heavy atom. The molecule has 3 rings (SSSR count). The van der Waals surface area contributed by atoms with E-state index in [1.807, 2.05) is 0 Å². The highest BCUT2D eigenvalue weighted by Crippen LogP contribution is 2.32. The van der Waals surface area contributed by atoms with Gasteiger partial charge in [-0.3, -0.25) is 9.59 Å². The average Bonchev–Trinajstić information content (AvgIpc) is 2.76. The minimum Gasteiger partial charge on any atom is -0.390 e. The van der Waals surface area contributed by atoms with Crippen molar-refractivity contribution in [1.29, 1.82) is 0 Å². The SMILES string of the molecule is CC(C)(C)C.CC(c1cccc(F)c1F)[C@@H](NCc1cc(F)c(Cl)cc1NC=O)C(=O)NC1CC(C)(O)C1. The van der Waals surface area contributed by atoms with Crippen LogP contribution in [-0.4, -0.2) is 35.1 Å². The molecule has 1 aliphatic carbocycles. The molecule has 2 atom stereocenters. The largest absolute Gasteiger partial charge is 0.390 e. The van der Waals surface area contributed by atoms with Gasteiger partial charge in [-0.15, -0.1) is 0 Å². The Hall–Kier alpha value is -2.62. The average molecular weight is 556 g/mol. The fraction of sp³-hybridized carbons (Fsp3) is 0.500. The minimum absolute atomic E-state index is 0.00298. The molecule has 2 amide bonds. The molecule has 210 valence electrons. The molecule has 0 radical (unpaired) electrons. The van der Waals surface area contributed by atoms with Crippen LogP contribution in [0.1, 0.15) is 71.4 Å². The minimum atomic E-state index is -1.06. The molecule has 1 aliphatic rings. The van der Waals surface area contributed by atoms with E-state index < -0.39 is 40.9 Å². The predicted octanol–water partition coefficient (Wildman–Crippen LogP) is 5.67. The molecule has 2 aromatic rings. The quantitative estimate of drug-likeness (QED) is 0.300. The normalized spacial score (nSPS) is 20.3. The summed E-state index contributed by atoms with van der Waals surface area (Å²) in [6, 6.07) is 4.79. The van der Waals surface area contributed by atoms with Crippen molar-refractivity contribution in [2.75, 3.05) is 5.32 Å². The number of amides is 2. The van der Waals surface area contributed by atoms with E-state index in [2.05, 4.69) is 43.6 Å². The van der Waals surface area contributed by atoms with Crippen molar-refractivity contribution in [1.82, 2.24) is 10.6 Å². The first-order valence-corrected chi connectivity index (χ1v) is 12.8. The van der Waals surface area contributed by atoms with E-state index in [4.69, 9.17) is 11.6 Å². The summed E-state index contributed by atoms with van der Waals surface area (Å²) in [5.41, 5.74) is 0.178. The van der Waals surface area contributed by atoms with Gasteiger partial charge in [0.1, 0.15) is 5.82 Å². The maximum Gasteiger partial charge on any atom is 0.237 e. The van der Waals surface area contributed by atoms with Crippen LogP contribution < -0.4 is 16.0 Å². The Kier molecular flexibility index (Phi) is 10.8. The Labute approximate surface area is 227 Å². The highest BCUT2D eigenvalue weighted by Gasteiger charge is 2.40. The number of nitrogens with one attached hydrogen (secondary N) is 3. The van der Waals surface area contributed by atoms with Gasteiger partial charge < -0.3 is 21.1 Å². The van der Waals surface area contributed by atoms with Crippen LogP contribution in [0.4, 0.5) is 18.9 Å². The fourth-order valence-corrected chi connectivity index (χ4v) is 4.26. The summed E-state index contributed by atoms with van der Waals surface area (Å²) in [5.74, 6) is -4.10. The molecule has 6 nitrogen and oxygen atoms in total. The maximum atomic E-state index is 14.5. The summed E-state index contributed by atoms with van der Waals surface area (Å²) in [6.07, 6.45) is 1.14. The fourth-order valence-electron chi connectivity index (χ4n) is 4.10. The summed E-state index contributed by atoms with van der Waals surface area (Å²) >= 11 is 5.79. The van der Waals surface area contributed by atoms with Gasteiger partial charge in [0.05, 0.1) is 16.7 Å².